The summed E-state index contributed by atoms with van der Waals surface area (Å²) in [5.41, 5.74) is 1.50. The van der Waals surface area contributed by atoms with Crippen molar-refractivity contribution < 1.29 is 0 Å². The summed E-state index contributed by atoms with van der Waals surface area (Å²) >= 11 is 1.94. The first-order valence-corrected chi connectivity index (χ1v) is 9.08. The fourth-order valence-corrected chi connectivity index (χ4v) is 3.83. The second-order valence-electron chi connectivity index (χ2n) is 6.62. The Morgan fingerprint density at radius 2 is 2.05 bits per heavy atom. The summed E-state index contributed by atoms with van der Waals surface area (Å²) in [6, 6.07) is 2.95. The van der Waals surface area contributed by atoms with E-state index in [0.717, 1.165) is 13.1 Å². The van der Waals surface area contributed by atoms with Crippen molar-refractivity contribution in [3.05, 3.63) is 21.4 Å². The average Bonchev–Trinajstić information content (AvgIpc) is 3.05. The molecule has 1 saturated heterocycles. The summed E-state index contributed by atoms with van der Waals surface area (Å²) in [5, 5.41) is 3.51. The zero-order valence-electron chi connectivity index (χ0n) is 14.1. The molecule has 21 heavy (non-hydrogen) atoms. The summed E-state index contributed by atoms with van der Waals surface area (Å²) in [7, 11) is 2.25. The van der Waals surface area contributed by atoms with Gasteiger partial charge in [0.1, 0.15) is 0 Å². The maximum absolute atomic E-state index is 3.51. The molecule has 1 aliphatic heterocycles. The van der Waals surface area contributed by atoms with Crippen LogP contribution >= 0.6 is 11.3 Å². The van der Waals surface area contributed by atoms with Gasteiger partial charge in [-0.15, -0.1) is 11.3 Å². The molecule has 0 spiro atoms. The van der Waals surface area contributed by atoms with Crippen LogP contribution in [0.2, 0.25) is 0 Å². The summed E-state index contributed by atoms with van der Waals surface area (Å²) < 4.78 is 0. The average molecular weight is 310 g/mol. The maximum atomic E-state index is 3.51. The molecule has 120 valence electrons. The van der Waals surface area contributed by atoms with E-state index < -0.39 is 0 Å². The van der Waals surface area contributed by atoms with Gasteiger partial charge in [-0.25, -0.2) is 0 Å². The number of aryl methyl sites for hydroxylation is 1. The number of likely N-dealkylation sites (N-methyl/N-ethyl adjacent to an activating group) is 1. The third kappa shape index (κ3) is 5.70. The van der Waals surface area contributed by atoms with E-state index in [2.05, 4.69) is 49.0 Å². The minimum absolute atomic E-state index is 0.555. The largest absolute Gasteiger partial charge is 0.310 e. The second kappa shape index (κ2) is 8.28. The molecule has 0 aliphatic carbocycles. The Hall–Kier alpha value is -0.420. The van der Waals surface area contributed by atoms with E-state index >= 15 is 0 Å². The normalized spacial score (nSPS) is 16.5. The fraction of sp³-hybridized carbons (Fsp3) is 0.765. The molecule has 2 rings (SSSR count). The highest BCUT2D eigenvalue weighted by Crippen LogP contribution is 2.22. The molecular formula is C17H31N3S. The third-order valence-corrected chi connectivity index (χ3v) is 5.29. The van der Waals surface area contributed by atoms with Gasteiger partial charge in [-0.2, -0.15) is 0 Å². The van der Waals surface area contributed by atoms with Gasteiger partial charge in [-0.3, -0.25) is 0 Å². The number of hydrogen-bond donors (Lipinski definition) is 1. The van der Waals surface area contributed by atoms with E-state index in [0.29, 0.717) is 6.04 Å². The molecule has 0 unspecified atom stereocenters. The van der Waals surface area contributed by atoms with E-state index in [1.807, 2.05) is 11.3 Å². The van der Waals surface area contributed by atoms with Gasteiger partial charge in [0.2, 0.25) is 0 Å². The number of hydrogen-bond acceptors (Lipinski definition) is 4. The van der Waals surface area contributed by atoms with Crippen LogP contribution in [0.4, 0.5) is 0 Å². The van der Waals surface area contributed by atoms with Crippen molar-refractivity contribution in [1.29, 1.82) is 0 Å². The van der Waals surface area contributed by atoms with Gasteiger partial charge in [0.05, 0.1) is 0 Å². The second-order valence-corrected chi connectivity index (χ2v) is 7.96. The van der Waals surface area contributed by atoms with Gasteiger partial charge >= 0.3 is 0 Å². The van der Waals surface area contributed by atoms with Crippen LogP contribution in [-0.2, 0) is 13.1 Å². The molecule has 0 bridgehead atoms. The Labute approximate surface area is 134 Å². The van der Waals surface area contributed by atoms with E-state index in [1.54, 1.807) is 0 Å². The van der Waals surface area contributed by atoms with Gasteiger partial charge in [-0.05, 0) is 51.5 Å². The summed E-state index contributed by atoms with van der Waals surface area (Å²) in [6.07, 6.45) is 2.78. The van der Waals surface area contributed by atoms with Crippen molar-refractivity contribution in [3.8, 4) is 0 Å². The van der Waals surface area contributed by atoms with E-state index in [9.17, 15) is 0 Å². The standard InChI is InChI=1S/C17H31N3S/c1-14(2)18-12-17-11-16(15(3)21-17)13-19(4)9-10-20-7-5-6-8-20/h11,14,18H,5-10,12-13H2,1-4H3. The van der Waals surface area contributed by atoms with Crippen molar-refractivity contribution in [1.82, 2.24) is 15.1 Å². The zero-order valence-corrected chi connectivity index (χ0v) is 14.9. The molecule has 0 amide bonds. The smallest absolute Gasteiger partial charge is 0.0302 e. The Morgan fingerprint density at radius 3 is 2.71 bits per heavy atom. The van der Waals surface area contributed by atoms with E-state index in [1.165, 1.54) is 54.3 Å². The molecular weight excluding hydrogens is 278 g/mol. The zero-order chi connectivity index (χ0) is 15.2. The Morgan fingerprint density at radius 1 is 1.33 bits per heavy atom. The molecule has 1 aliphatic rings. The first-order valence-electron chi connectivity index (χ1n) is 8.27. The quantitative estimate of drug-likeness (QED) is 0.796. The SMILES string of the molecule is Cc1sc(CNC(C)C)cc1CN(C)CCN1CCCC1. The Kier molecular flexibility index (Phi) is 6.68. The number of rotatable bonds is 8. The van der Waals surface area contributed by atoms with Crippen molar-refractivity contribution in [2.75, 3.05) is 33.2 Å². The molecule has 1 aromatic heterocycles. The van der Waals surface area contributed by atoms with Crippen LogP contribution in [0, 0.1) is 6.92 Å². The molecule has 0 atom stereocenters. The van der Waals surface area contributed by atoms with Gasteiger partial charge < -0.3 is 15.1 Å². The predicted octanol–water partition coefficient (Wildman–Crippen LogP) is 3.08. The van der Waals surface area contributed by atoms with Gasteiger partial charge in [0.15, 0.2) is 0 Å². The van der Waals surface area contributed by atoms with Crippen LogP contribution in [0.3, 0.4) is 0 Å². The Balaban J connectivity index is 1.78. The predicted molar refractivity (Wildman–Crippen MR) is 93.0 cm³/mol. The van der Waals surface area contributed by atoms with Crippen molar-refractivity contribution in [3.63, 3.8) is 0 Å². The molecule has 3 nitrogen and oxygen atoms in total. The Bertz CT molecular complexity index is 422. The lowest BCUT2D eigenvalue weighted by molar-refractivity contribution is 0.252. The minimum atomic E-state index is 0.555. The first kappa shape index (κ1) is 16.9. The number of likely N-dealkylation sites (tertiary alicyclic amines) is 1. The fourth-order valence-electron chi connectivity index (χ4n) is 2.82. The third-order valence-electron chi connectivity index (χ3n) is 4.19. The molecule has 1 fully saturated rings. The molecule has 0 radical (unpaired) electrons. The number of nitrogens with zero attached hydrogens (tertiary/aromatic N) is 2. The highest BCUT2D eigenvalue weighted by atomic mass is 32.1. The number of nitrogens with one attached hydrogen (secondary N) is 1. The lowest BCUT2D eigenvalue weighted by Crippen LogP contribution is -2.31. The number of thiophene rings is 1. The summed E-state index contributed by atoms with van der Waals surface area (Å²) in [5.74, 6) is 0. The van der Waals surface area contributed by atoms with Gasteiger partial charge in [0.25, 0.3) is 0 Å². The van der Waals surface area contributed by atoms with Crippen LogP contribution in [0.5, 0.6) is 0 Å². The van der Waals surface area contributed by atoms with Crippen LogP contribution < -0.4 is 5.32 Å². The molecule has 1 aromatic rings. The van der Waals surface area contributed by atoms with Gasteiger partial charge in [0, 0.05) is 42.0 Å². The maximum Gasteiger partial charge on any atom is 0.0302 e. The monoisotopic (exact) mass is 309 g/mol. The van der Waals surface area contributed by atoms with Crippen molar-refractivity contribution in [2.45, 2.75) is 52.7 Å². The van der Waals surface area contributed by atoms with E-state index in [-0.39, 0.29) is 0 Å². The molecule has 0 saturated carbocycles. The minimum Gasteiger partial charge on any atom is -0.310 e. The van der Waals surface area contributed by atoms with Crippen molar-refractivity contribution >= 4 is 11.3 Å². The molecule has 2 heterocycles. The highest BCUT2D eigenvalue weighted by Gasteiger charge is 2.13. The summed E-state index contributed by atoms with van der Waals surface area (Å²) in [6.45, 7) is 13.7. The van der Waals surface area contributed by atoms with Gasteiger partial charge in [-0.1, -0.05) is 13.8 Å². The van der Waals surface area contributed by atoms with Crippen LogP contribution in [0.1, 0.15) is 42.0 Å². The highest BCUT2D eigenvalue weighted by molar-refractivity contribution is 7.12. The molecule has 4 heteroatoms. The topological polar surface area (TPSA) is 18.5 Å². The lowest BCUT2D eigenvalue weighted by atomic mass is 10.2. The van der Waals surface area contributed by atoms with E-state index in [4.69, 9.17) is 0 Å². The van der Waals surface area contributed by atoms with Crippen LogP contribution in [-0.4, -0.2) is 49.1 Å². The molecule has 0 aromatic carbocycles. The molecule has 1 N–H and O–H groups in total. The van der Waals surface area contributed by atoms with Crippen LogP contribution in [0.25, 0.3) is 0 Å². The first-order chi connectivity index (χ1) is 10.0. The van der Waals surface area contributed by atoms with Crippen molar-refractivity contribution in [2.24, 2.45) is 0 Å². The lowest BCUT2D eigenvalue weighted by Gasteiger charge is -2.21. The van der Waals surface area contributed by atoms with Crippen LogP contribution in [0.15, 0.2) is 6.07 Å². The summed E-state index contributed by atoms with van der Waals surface area (Å²) in [4.78, 5) is 8.00.